The van der Waals surface area contributed by atoms with E-state index in [0.29, 0.717) is 11.1 Å². The van der Waals surface area contributed by atoms with Crippen LogP contribution in [0.2, 0.25) is 0 Å². The number of alkyl halides is 1. The Morgan fingerprint density at radius 3 is 2.11 bits per heavy atom. The van der Waals surface area contributed by atoms with Gasteiger partial charge in [-0.15, -0.1) is 0 Å². The van der Waals surface area contributed by atoms with Crippen molar-refractivity contribution in [3.63, 3.8) is 0 Å². The number of hydrogen-bond donors (Lipinski definition) is 2. The fourth-order valence-electron chi connectivity index (χ4n) is 1.75. The van der Waals surface area contributed by atoms with Crippen molar-refractivity contribution in [2.75, 3.05) is 0 Å². The zero-order valence-corrected chi connectivity index (χ0v) is 13.5. The summed E-state index contributed by atoms with van der Waals surface area (Å²) in [5.41, 5.74) is 1.97. The quantitative estimate of drug-likeness (QED) is 0.623. The molecule has 1 rings (SSSR count). The molecule has 0 aliphatic rings. The summed E-state index contributed by atoms with van der Waals surface area (Å²) in [6.45, 7) is 9.44. The number of aromatic hydroxyl groups is 1. The van der Waals surface area contributed by atoms with E-state index in [1.807, 2.05) is 43.4 Å². The Labute approximate surface area is 121 Å². The molecule has 0 saturated carbocycles. The average molecular weight is 362 g/mol. The van der Waals surface area contributed by atoms with Crippen molar-refractivity contribution in [2.24, 2.45) is 0 Å². The molecule has 4 heteroatoms. The first-order chi connectivity index (χ1) is 7.98. The topological polar surface area (TPSA) is 57.5 Å². The molecule has 1 unspecified atom stereocenters. The third-order valence-corrected chi connectivity index (χ3v) is 4.14. The van der Waals surface area contributed by atoms with Gasteiger partial charge in [-0.05, 0) is 42.0 Å². The van der Waals surface area contributed by atoms with Crippen molar-refractivity contribution in [3.8, 4) is 5.75 Å². The van der Waals surface area contributed by atoms with Gasteiger partial charge in [-0.2, -0.15) is 0 Å². The smallest absolute Gasteiger partial charge is 0.323 e. The highest BCUT2D eigenvalue weighted by atomic mass is 127. The minimum absolute atomic E-state index is 0.226. The normalized spacial score (nSPS) is 15.2. The van der Waals surface area contributed by atoms with Gasteiger partial charge in [-0.25, -0.2) is 0 Å². The molecule has 0 fully saturated rings. The summed E-state index contributed by atoms with van der Waals surface area (Å²) in [4.78, 5) is 11.3. The molecular formula is C14H19IO3. The van der Waals surface area contributed by atoms with Crippen LogP contribution in [0.1, 0.15) is 44.4 Å². The van der Waals surface area contributed by atoms with E-state index >= 15 is 0 Å². The number of aryl methyl sites for hydroxylation is 1. The van der Waals surface area contributed by atoms with Crippen LogP contribution < -0.4 is 0 Å². The highest BCUT2D eigenvalue weighted by Gasteiger charge is 2.34. The van der Waals surface area contributed by atoms with E-state index in [2.05, 4.69) is 0 Å². The lowest BCUT2D eigenvalue weighted by Gasteiger charge is -2.26. The third kappa shape index (κ3) is 2.79. The minimum atomic E-state index is -0.990. The molecule has 2 N–H and O–H groups in total. The number of carboxylic acid groups (broad SMARTS) is 1. The Balaban J connectivity index is 3.52. The van der Waals surface area contributed by atoms with Gasteiger partial charge in [0.25, 0.3) is 0 Å². The number of phenolic OH excluding ortho intramolecular Hbond substituents is 1. The van der Waals surface area contributed by atoms with Crippen LogP contribution in [-0.4, -0.2) is 16.2 Å². The fraction of sp³-hybridized carbons (Fsp3) is 0.500. The molecule has 100 valence electrons. The van der Waals surface area contributed by atoms with Gasteiger partial charge in [0.15, 0.2) is 0 Å². The van der Waals surface area contributed by atoms with Crippen LogP contribution in [0.5, 0.6) is 5.75 Å². The van der Waals surface area contributed by atoms with E-state index in [-0.39, 0.29) is 11.2 Å². The molecule has 1 aromatic rings. The fourth-order valence-corrected chi connectivity index (χ4v) is 2.06. The maximum absolute atomic E-state index is 11.3. The number of carboxylic acids is 1. The minimum Gasteiger partial charge on any atom is -0.507 e. The molecule has 0 spiro atoms. The summed E-state index contributed by atoms with van der Waals surface area (Å²) in [7, 11) is 0. The van der Waals surface area contributed by atoms with Gasteiger partial charge >= 0.3 is 5.97 Å². The Morgan fingerprint density at radius 1 is 1.22 bits per heavy atom. The Morgan fingerprint density at radius 2 is 1.72 bits per heavy atom. The van der Waals surface area contributed by atoms with Gasteiger partial charge in [-0.1, -0.05) is 49.4 Å². The van der Waals surface area contributed by atoms with E-state index in [9.17, 15) is 15.0 Å². The molecule has 3 nitrogen and oxygen atoms in total. The maximum atomic E-state index is 11.3. The summed E-state index contributed by atoms with van der Waals surface area (Å²) < 4.78 is -0.990. The highest BCUT2D eigenvalue weighted by Crippen LogP contribution is 2.39. The van der Waals surface area contributed by atoms with Crippen LogP contribution in [-0.2, 0) is 13.6 Å². The van der Waals surface area contributed by atoms with Crippen LogP contribution in [0.25, 0.3) is 0 Å². The lowest BCUT2D eigenvalue weighted by atomic mass is 9.82. The van der Waals surface area contributed by atoms with E-state index in [1.165, 1.54) is 0 Å². The van der Waals surface area contributed by atoms with E-state index < -0.39 is 9.39 Å². The summed E-state index contributed by atoms with van der Waals surface area (Å²) >= 11 is 1.92. The number of phenols is 1. The van der Waals surface area contributed by atoms with Gasteiger partial charge in [0.05, 0.1) is 0 Å². The molecule has 1 atom stereocenters. The lowest BCUT2D eigenvalue weighted by molar-refractivity contribution is -0.139. The van der Waals surface area contributed by atoms with Crippen molar-refractivity contribution < 1.29 is 15.0 Å². The first-order valence-corrected chi connectivity index (χ1v) is 6.82. The van der Waals surface area contributed by atoms with Crippen molar-refractivity contribution in [1.29, 1.82) is 0 Å². The number of hydrogen-bond acceptors (Lipinski definition) is 2. The monoisotopic (exact) mass is 362 g/mol. The molecule has 0 heterocycles. The SMILES string of the molecule is Cc1cc(C(C)(I)C(=O)O)cc(C(C)(C)C)c1O. The highest BCUT2D eigenvalue weighted by molar-refractivity contribution is 14.1. The van der Waals surface area contributed by atoms with Gasteiger partial charge in [0.1, 0.15) is 9.17 Å². The third-order valence-electron chi connectivity index (χ3n) is 3.05. The predicted molar refractivity (Wildman–Crippen MR) is 80.6 cm³/mol. The molecule has 0 saturated heterocycles. The van der Waals surface area contributed by atoms with Crippen molar-refractivity contribution in [1.82, 2.24) is 0 Å². The zero-order valence-electron chi connectivity index (χ0n) is 11.3. The van der Waals surface area contributed by atoms with Gasteiger partial charge in [0, 0.05) is 0 Å². The second kappa shape index (κ2) is 4.72. The zero-order chi connectivity index (χ0) is 14.3. The summed E-state index contributed by atoms with van der Waals surface area (Å²) in [6, 6.07) is 3.54. The molecule has 18 heavy (non-hydrogen) atoms. The van der Waals surface area contributed by atoms with Crippen LogP contribution in [0.3, 0.4) is 0 Å². The van der Waals surface area contributed by atoms with E-state index in [0.717, 1.165) is 5.56 Å². The molecule has 0 aliphatic heterocycles. The number of benzene rings is 1. The average Bonchev–Trinajstić information content (AvgIpc) is 2.19. The van der Waals surface area contributed by atoms with Crippen LogP contribution in [0.4, 0.5) is 0 Å². The molecule has 0 bridgehead atoms. The maximum Gasteiger partial charge on any atom is 0.323 e. The first kappa shape index (κ1) is 15.3. The molecule has 0 amide bonds. The summed E-state index contributed by atoms with van der Waals surface area (Å²) in [5, 5.41) is 19.4. The summed E-state index contributed by atoms with van der Waals surface area (Å²) in [5.74, 6) is -0.628. The number of carbonyl (C=O) groups is 1. The molecule has 0 aromatic heterocycles. The summed E-state index contributed by atoms with van der Waals surface area (Å²) in [6.07, 6.45) is 0. The van der Waals surface area contributed by atoms with Gasteiger partial charge < -0.3 is 10.2 Å². The number of halogens is 1. The van der Waals surface area contributed by atoms with Crippen molar-refractivity contribution in [3.05, 3.63) is 28.8 Å². The van der Waals surface area contributed by atoms with Crippen LogP contribution >= 0.6 is 22.6 Å². The van der Waals surface area contributed by atoms with E-state index in [1.54, 1.807) is 26.0 Å². The van der Waals surface area contributed by atoms with Gasteiger partial charge in [0.2, 0.25) is 0 Å². The Kier molecular flexibility index (Phi) is 4.00. The van der Waals surface area contributed by atoms with Gasteiger partial charge in [-0.3, -0.25) is 4.79 Å². The molecule has 0 radical (unpaired) electrons. The molecule has 1 aromatic carbocycles. The second-order valence-corrected chi connectivity index (χ2v) is 7.90. The van der Waals surface area contributed by atoms with Crippen molar-refractivity contribution in [2.45, 2.75) is 43.5 Å². The van der Waals surface area contributed by atoms with Crippen molar-refractivity contribution >= 4 is 28.6 Å². The van der Waals surface area contributed by atoms with Crippen LogP contribution in [0.15, 0.2) is 12.1 Å². The van der Waals surface area contributed by atoms with E-state index in [4.69, 9.17) is 0 Å². The second-order valence-electron chi connectivity index (χ2n) is 5.75. The largest absolute Gasteiger partial charge is 0.507 e. The standard InChI is InChI=1S/C14H19IO3/c1-8-6-9(14(5,15)12(17)18)7-10(11(8)16)13(2,3)4/h6-7,16H,1-5H3,(H,17,18). The van der Waals surface area contributed by atoms with Crippen LogP contribution in [0, 0.1) is 6.92 Å². The predicted octanol–water partition coefficient (Wildman–Crippen LogP) is 3.73. The first-order valence-electron chi connectivity index (χ1n) is 5.75. The molecular weight excluding hydrogens is 343 g/mol. The Bertz CT molecular complexity index is 485. The number of rotatable bonds is 2. The molecule has 0 aliphatic carbocycles. The Hall–Kier alpha value is -0.780. The number of aliphatic carboxylic acids is 1. The lowest BCUT2D eigenvalue weighted by Crippen LogP contribution is -2.26.